The zero-order chi connectivity index (χ0) is 5.98. The number of rotatable bonds is 1. The van der Waals surface area contributed by atoms with Crippen molar-refractivity contribution in [2.75, 3.05) is 0 Å². The van der Waals surface area contributed by atoms with Crippen molar-refractivity contribution in [3.63, 3.8) is 0 Å². The third kappa shape index (κ3) is 5.98. The molecule has 3 heteroatoms. The first-order valence-corrected chi connectivity index (χ1v) is 3.10. The summed E-state index contributed by atoms with van der Waals surface area (Å²) >= 11 is 0. The largest absolute Gasteiger partial charge is 3.00 e. The molecule has 0 saturated heterocycles. The minimum absolute atomic E-state index is 0. The van der Waals surface area contributed by atoms with Gasteiger partial charge in [-0.1, -0.05) is 19.3 Å². The fourth-order valence-corrected chi connectivity index (χ4v) is 0.888. The summed E-state index contributed by atoms with van der Waals surface area (Å²) in [6.45, 7) is 4.29. The molecule has 1 unspecified atom stereocenters. The van der Waals surface area contributed by atoms with E-state index in [1.807, 2.05) is 0 Å². The molecule has 0 spiro atoms. The van der Waals surface area contributed by atoms with Gasteiger partial charge in [-0.3, -0.25) is 6.08 Å². The molecule has 0 aromatic carbocycles. The Morgan fingerprint density at radius 3 is 2.18 bits per heavy atom. The fraction of sp³-hybridized carbons (Fsp3) is 0.500. The Hall–Kier alpha value is 0.774. The van der Waals surface area contributed by atoms with Crippen LogP contribution in [0.3, 0.4) is 0 Å². The van der Waals surface area contributed by atoms with Crippen LogP contribution in [-0.4, -0.2) is 0 Å². The van der Waals surface area contributed by atoms with Crippen LogP contribution in [0.25, 0.3) is 0 Å². The van der Waals surface area contributed by atoms with E-state index in [4.69, 9.17) is 0 Å². The number of allylic oxidation sites excluding steroid dienone is 4. The van der Waals surface area contributed by atoms with Gasteiger partial charge in [0.15, 0.2) is 0 Å². The molecule has 1 rings (SSSR count). The van der Waals surface area contributed by atoms with Crippen LogP contribution in [0.2, 0.25) is 0 Å². The van der Waals surface area contributed by atoms with Gasteiger partial charge in [-0.2, -0.15) is 6.08 Å². The van der Waals surface area contributed by atoms with Gasteiger partial charge in [-0.05, 0) is 0 Å². The summed E-state index contributed by atoms with van der Waals surface area (Å²) in [6, 6.07) is 0. The summed E-state index contributed by atoms with van der Waals surface area (Å²) in [5.41, 5.74) is 1.36. The second-order valence-electron chi connectivity index (χ2n) is 2.24. The van der Waals surface area contributed by atoms with Crippen molar-refractivity contribution in [1.82, 2.24) is 0 Å². The van der Waals surface area contributed by atoms with Gasteiger partial charge in [0.05, 0.1) is 0 Å². The summed E-state index contributed by atoms with van der Waals surface area (Å²) in [6.07, 6.45) is 8.74. The van der Waals surface area contributed by atoms with Crippen molar-refractivity contribution in [3.8, 4) is 0 Å². The maximum absolute atomic E-state index is 3.24. The third-order valence-corrected chi connectivity index (χ3v) is 1.43. The molecule has 0 saturated carbocycles. The molecule has 1 aliphatic carbocycles. The van der Waals surface area contributed by atoms with E-state index in [1.165, 1.54) is 12.0 Å². The molecule has 1 atom stereocenters. The van der Waals surface area contributed by atoms with Crippen molar-refractivity contribution in [2.45, 2.75) is 20.3 Å². The Labute approximate surface area is 96.2 Å². The molecule has 1 radical (unpaired) electrons. The van der Waals surface area contributed by atoms with Gasteiger partial charge in [0, 0.05) is 0 Å². The number of hydrogen-bond acceptors (Lipinski definition) is 0. The quantitative estimate of drug-likeness (QED) is 0.319. The number of hydrogen-bond donors (Lipinski definition) is 0. The normalized spacial score (nSPS) is 19.1. The van der Waals surface area contributed by atoms with Crippen LogP contribution in [0.15, 0.2) is 17.7 Å². The van der Waals surface area contributed by atoms with Crippen LogP contribution in [0, 0.1) is 12.0 Å². The van der Waals surface area contributed by atoms with Crippen LogP contribution < -0.4 is 24.8 Å². The van der Waals surface area contributed by atoms with E-state index < -0.39 is 0 Å². The molecule has 0 nitrogen and oxygen atoms in total. The molecular weight excluding hydrogens is 215 g/mol. The third-order valence-electron chi connectivity index (χ3n) is 1.43. The standard InChI is InChI=1S/C8H11.2ClH.Ti/c1-3-8-5-4-7(2)6-8;;;/h4,6,8H,3H2,1-2H3;2*1H;/q-1;;;+3/p-2. The van der Waals surface area contributed by atoms with Crippen molar-refractivity contribution in [1.29, 1.82) is 0 Å². The van der Waals surface area contributed by atoms with E-state index in [0.717, 1.165) is 0 Å². The average Bonchev–Trinajstić information content (AvgIpc) is 2.14. The van der Waals surface area contributed by atoms with Gasteiger partial charge >= 0.3 is 21.7 Å². The van der Waals surface area contributed by atoms with E-state index in [-0.39, 0.29) is 46.5 Å². The van der Waals surface area contributed by atoms with Gasteiger partial charge in [-0.15, -0.1) is 6.92 Å². The Kier molecular flexibility index (Phi) is 14.3. The van der Waals surface area contributed by atoms with E-state index >= 15 is 0 Å². The van der Waals surface area contributed by atoms with Crippen molar-refractivity contribution >= 4 is 0 Å². The van der Waals surface area contributed by atoms with Crippen LogP contribution >= 0.6 is 0 Å². The zero-order valence-corrected chi connectivity index (χ0v) is 9.77. The molecule has 0 heterocycles. The summed E-state index contributed by atoms with van der Waals surface area (Å²) in [7, 11) is 0. The van der Waals surface area contributed by atoms with Crippen LogP contribution in [0.1, 0.15) is 20.3 Å². The van der Waals surface area contributed by atoms with E-state index in [1.54, 1.807) is 0 Å². The monoisotopic (exact) mass is 225 g/mol. The molecule has 0 aromatic heterocycles. The van der Waals surface area contributed by atoms with Crippen molar-refractivity contribution in [3.05, 3.63) is 23.8 Å². The maximum atomic E-state index is 3.24. The van der Waals surface area contributed by atoms with Gasteiger partial charge in [0.1, 0.15) is 0 Å². The summed E-state index contributed by atoms with van der Waals surface area (Å²) in [5, 5.41) is 0. The smallest absolute Gasteiger partial charge is 1.00 e. The van der Waals surface area contributed by atoms with Crippen LogP contribution in [-0.2, 0) is 21.7 Å². The van der Waals surface area contributed by atoms with Gasteiger partial charge in [0.25, 0.3) is 0 Å². The fourth-order valence-electron chi connectivity index (χ4n) is 0.888. The molecule has 11 heavy (non-hydrogen) atoms. The minimum Gasteiger partial charge on any atom is -1.00 e. The second-order valence-corrected chi connectivity index (χ2v) is 2.24. The molecule has 61 valence electrons. The molecule has 0 bridgehead atoms. The molecule has 0 amide bonds. The van der Waals surface area contributed by atoms with Gasteiger partial charge in [0.2, 0.25) is 0 Å². The van der Waals surface area contributed by atoms with Crippen LogP contribution in [0.4, 0.5) is 0 Å². The Bertz CT molecular complexity index is 141. The molecule has 1 aliphatic rings. The first-order chi connectivity index (χ1) is 3.83. The molecular formula is C8H11Cl2Ti. The second kappa shape index (κ2) is 8.87. The summed E-state index contributed by atoms with van der Waals surface area (Å²) < 4.78 is 0. The SMILES string of the molecule is CCC1[C-]=CC(C)=C1.[Cl-].[Cl-].[Ti+3]. The first-order valence-electron chi connectivity index (χ1n) is 3.10. The Morgan fingerprint density at radius 2 is 2.00 bits per heavy atom. The topological polar surface area (TPSA) is 0 Å². The number of halogens is 2. The molecule has 0 N–H and O–H groups in total. The maximum Gasteiger partial charge on any atom is 3.00 e. The van der Waals surface area contributed by atoms with Crippen molar-refractivity contribution in [2.24, 2.45) is 5.92 Å². The molecule has 0 aliphatic heterocycles. The molecule has 0 aromatic rings. The van der Waals surface area contributed by atoms with E-state index in [2.05, 4.69) is 32.1 Å². The van der Waals surface area contributed by atoms with E-state index in [0.29, 0.717) is 5.92 Å². The zero-order valence-electron chi connectivity index (χ0n) is 6.70. The predicted molar refractivity (Wildman–Crippen MR) is 35.4 cm³/mol. The Morgan fingerprint density at radius 1 is 1.45 bits per heavy atom. The molecule has 0 fully saturated rings. The summed E-state index contributed by atoms with van der Waals surface area (Å²) in [5.74, 6) is 0.606. The minimum atomic E-state index is 0. The average molecular weight is 226 g/mol. The van der Waals surface area contributed by atoms with E-state index in [9.17, 15) is 0 Å². The van der Waals surface area contributed by atoms with Gasteiger partial charge in [-0.25, -0.2) is 11.6 Å². The Balaban J connectivity index is -0.000000213. The van der Waals surface area contributed by atoms with Crippen LogP contribution in [0.5, 0.6) is 0 Å². The van der Waals surface area contributed by atoms with Crippen molar-refractivity contribution < 1.29 is 46.5 Å². The predicted octanol–water partition coefficient (Wildman–Crippen LogP) is -3.66. The summed E-state index contributed by atoms with van der Waals surface area (Å²) in [4.78, 5) is 0. The first kappa shape index (κ1) is 17.8. The van der Waals surface area contributed by atoms with Gasteiger partial charge < -0.3 is 24.8 Å².